The van der Waals surface area contributed by atoms with Crippen molar-refractivity contribution in [3.63, 3.8) is 0 Å². The Morgan fingerprint density at radius 2 is 1.58 bits per heavy atom. The van der Waals surface area contributed by atoms with Crippen LogP contribution in [-0.2, 0) is 0 Å². The number of rotatable bonds is 6. The molecular weight excluding hydrogens is 458 g/mol. The van der Waals surface area contributed by atoms with Gasteiger partial charge in [0, 0.05) is 6.54 Å². The standard InChI is InChI=1S/C16H17Br2N3O2S/c1-3-5-6-8(4-2)7-21-15(22)9-10(16(21)23)12(18)14-13(11(9)17)19-24-20-14/h8H,3-7H2,1-2H3. The first kappa shape index (κ1) is 17.9. The largest absolute Gasteiger partial charge is 0.274 e. The van der Waals surface area contributed by atoms with Crippen LogP contribution in [0.4, 0.5) is 0 Å². The number of aromatic nitrogens is 2. The molecule has 8 heteroatoms. The Morgan fingerprint density at radius 1 is 1.04 bits per heavy atom. The van der Waals surface area contributed by atoms with E-state index in [0.717, 1.165) is 37.4 Å². The Kier molecular flexibility index (Phi) is 5.36. The Balaban J connectivity index is 1.99. The first-order chi connectivity index (χ1) is 11.5. The summed E-state index contributed by atoms with van der Waals surface area (Å²) in [5.74, 6) is -0.152. The molecule has 2 heterocycles. The third-order valence-corrected chi connectivity index (χ3v) is 6.57. The molecule has 0 fully saturated rings. The highest BCUT2D eigenvalue weighted by Crippen LogP contribution is 2.41. The third-order valence-electron chi connectivity index (χ3n) is 4.50. The molecule has 0 saturated heterocycles. The maximum atomic E-state index is 12.9. The SMILES string of the molecule is CCCCC(CC)CN1C(=O)c2c(c(Br)c3nsnc3c2Br)C1=O. The van der Waals surface area contributed by atoms with Crippen LogP contribution in [0.15, 0.2) is 8.95 Å². The Morgan fingerprint density at radius 3 is 2.04 bits per heavy atom. The molecule has 0 aliphatic carbocycles. The van der Waals surface area contributed by atoms with Gasteiger partial charge in [0.05, 0.1) is 31.8 Å². The number of unbranched alkanes of at least 4 members (excludes halogenated alkanes) is 1. The third kappa shape index (κ3) is 2.82. The minimum atomic E-state index is -0.243. The molecule has 1 aliphatic heterocycles. The molecule has 0 saturated carbocycles. The molecule has 2 amide bonds. The average Bonchev–Trinajstić information content (AvgIpc) is 3.15. The minimum absolute atomic E-state index is 0.243. The summed E-state index contributed by atoms with van der Waals surface area (Å²) in [6.07, 6.45) is 4.20. The molecule has 1 aromatic carbocycles. The number of carbonyl (C=O) groups excluding carboxylic acids is 2. The zero-order valence-corrected chi connectivity index (χ0v) is 17.4. The summed E-state index contributed by atoms with van der Waals surface area (Å²) < 4.78 is 9.58. The molecule has 1 unspecified atom stereocenters. The summed E-state index contributed by atoms with van der Waals surface area (Å²) in [4.78, 5) is 27.1. The monoisotopic (exact) mass is 473 g/mol. The number of nitrogens with zero attached hydrogens (tertiary/aromatic N) is 3. The van der Waals surface area contributed by atoms with Gasteiger partial charge in [-0.25, -0.2) is 0 Å². The normalized spacial score (nSPS) is 15.4. The summed E-state index contributed by atoms with van der Waals surface area (Å²) in [6.45, 7) is 4.72. The maximum absolute atomic E-state index is 12.9. The predicted molar refractivity (Wildman–Crippen MR) is 101 cm³/mol. The average molecular weight is 475 g/mol. The summed E-state index contributed by atoms with van der Waals surface area (Å²) in [6, 6.07) is 0. The molecule has 1 aliphatic rings. The van der Waals surface area contributed by atoms with E-state index in [1.807, 2.05) is 0 Å². The topological polar surface area (TPSA) is 63.2 Å². The van der Waals surface area contributed by atoms with Crippen LogP contribution >= 0.6 is 43.6 Å². The van der Waals surface area contributed by atoms with Gasteiger partial charge in [-0.1, -0.05) is 33.1 Å². The summed E-state index contributed by atoms with van der Waals surface area (Å²) in [5.41, 5.74) is 2.04. The van der Waals surface area contributed by atoms with Crippen LogP contribution in [0.2, 0.25) is 0 Å². The summed E-state index contributed by atoms with van der Waals surface area (Å²) in [7, 11) is 0. The summed E-state index contributed by atoms with van der Waals surface area (Å²) in [5, 5.41) is 0. The van der Waals surface area contributed by atoms with Gasteiger partial charge in [-0.2, -0.15) is 8.75 Å². The van der Waals surface area contributed by atoms with Gasteiger partial charge in [0.2, 0.25) is 0 Å². The van der Waals surface area contributed by atoms with Crippen molar-refractivity contribution in [1.82, 2.24) is 13.6 Å². The van der Waals surface area contributed by atoms with Crippen LogP contribution in [0, 0.1) is 5.92 Å². The lowest BCUT2D eigenvalue weighted by molar-refractivity contribution is 0.0623. The van der Waals surface area contributed by atoms with Crippen molar-refractivity contribution in [3.05, 3.63) is 20.1 Å². The Labute approximate surface area is 161 Å². The lowest BCUT2D eigenvalue weighted by Gasteiger charge is -2.21. The number of amides is 2. The van der Waals surface area contributed by atoms with Crippen molar-refractivity contribution in [2.45, 2.75) is 39.5 Å². The van der Waals surface area contributed by atoms with Crippen LogP contribution in [0.5, 0.6) is 0 Å². The molecule has 3 rings (SSSR count). The number of imide groups is 1. The van der Waals surface area contributed by atoms with Crippen molar-refractivity contribution in [2.24, 2.45) is 5.92 Å². The molecule has 0 bridgehead atoms. The Hall–Kier alpha value is -0.860. The number of benzene rings is 1. The number of fused-ring (bicyclic) bond motifs is 2. The van der Waals surface area contributed by atoms with Crippen molar-refractivity contribution in [3.8, 4) is 0 Å². The van der Waals surface area contributed by atoms with E-state index in [9.17, 15) is 9.59 Å². The van der Waals surface area contributed by atoms with Gasteiger partial charge in [-0.05, 0) is 44.2 Å². The van der Waals surface area contributed by atoms with Crippen molar-refractivity contribution < 1.29 is 9.59 Å². The minimum Gasteiger partial charge on any atom is -0.274 e. The lowest BCUT2D eigenvalue weighted by atomic mass is 9.99. The van der Waals surface area contributed by atoms with Crippen molar-refractivity contribution >= 4 is 66.4 Å². The van der Waals surface area contributed by atoms with E-state index in [0.29, 0.717) is 43.6 Å². The van der Waals surface area contributed by atoms with E-state index in [4.69, 9.17) is 0 Å². The van der Waals surface area contributed by atoms with Crippen molar-refractivity contribution in [2.75, 3.05) is 6.54 Å². The predicted octanol–water partition coefficient (Wildman–Crippen LogP) is 5.03. The lowest BCUT2D eigenvalue weighted by Crippen LogP contribution is -2.34. The van der Waals surface area contributed by atoms with E-state index < -0.39 is 0 Å². The van der Waals surface area contributed by atoms with Gasteiger partial charge >= 0.3 is 0 Å². The van der Waals surface area contributed by atoms with Gasteiger partial charge in [-0.15, -0.1) is 0 Å². The van der Waals surface area contributed by atoms with E-state index in [-0.39, 0.29) is 11.8 Å². The van der Waals surface area contributed by atoms with Gasteiger partial charge in [0.25, 0.3) is 11.8 Å². The first-order valence-electron chi connectivity index (χ1n) is 8.00. The van der Waals surface area contributed by atoms with E-state index >= 15 is 0 Å². The quantitative estimate of drug-likeness (QED) is 0.551. The highest BCUT2D eigenvalue weighted by atomic mass is 79.9. The highest BCUT2D eigenvalue weighted by molar-refractivity contribution is 9.11. The van der Waals surface area contributed by atoms with Gasteiger partial charge in [0.15, 0.2) is 0 Å². The zero-order valence-electron chi connectivity index (χ0n) is 13.4. The number of halogens is 2. The van der Waals surface area contributed by atoms with Crippen LogP contribution in [0.1, 0.15) is 60.2 Å². The number of carbonyl (C=O) groups is 2. The molecule has 2 aromatic rings. The Bertz CT molecular complexity index is 765. The summed E-state index contributed by atoms with van der Waals surface area (Å²) >= 11 is 7.96. The van der Waals surface area contributed by atoms with Gasteiger partial charge in [0.1, 0.15) is 11.0 Å². The van der Waals surface area contributed by atoms with E-state index in [1.165, 1.54) is 4.90 Å². The fraction of sp³-hybridized carbons (Fsp3) is 0.500. The van der Waals surface area contributed by atoms with Gasteiger partial charge in [-0.3, -0.25) is 14.5 Å². The molecule has 5 nitrogen and oxygen atoms in total. The second-order valence-electron chi connectivity index (χ2n) is 5.98. The van der Waals surface area contributed by atoms with Crippen LogP contribution in [0.3, 0.4) is 0 Å². The molecule has 1 aromatic heterocycles. The highest BCUT2D eigenvalue weighted by Gasteiger charge is 2.41. The second-order valence-corrected chi connectivity index (χ2v) is 8.09. The maximum Gasteiger partial charge on any atom is 0.262 e. The molecule has 128 valence electrons. The number of hydrogen-bond donors (Lipinski definition) is 0. The fourth-order valence-electron chi connectivity index (χ4n) is 3.04. The van der Waals surface area contributed by atoms with Crippen LogP contribution in [-0.4, -0.2) is 32.0 Å². The van der Waals surface area contributed by atoms with Crippen molar-refractivity contribution in [1.29, 1.82) is 0 Å². The molecule has 0 radical (unpaired) electrons. The fourth-order valence-corrected chi connectivity index (χ4v) is 5.12. The zero-order chi connectivity index (χ0) is 17.4. The van der Waals surface area contributed by atoms with Gasteiger partial charge < -0.3 is 0 Å². The number of hydrogen-bond acceptors (Lipinski definition) is 5. The smallest absolute Gasteiger partial charge is 0.262 e. The van der Waals surface area contributed by atoms with E-state index in [1.54, 1.807) is 0 Å². The van der Waals surface area contributed by atoms with E-state index in [2.05, 4.69) is 54.5 Å². The molecule has 0 N–H and O–H groups in total. The molecular formula is C16H17Br2N3O2S. The van der Waals surface area contributed by atoms with Crippen LogP contribution in [0.25, 0.3) is 11.0 Å². The second kappa shape index (κ2) is 7.17. The molecule has 24 heavy (non-hydrogen) atoms. The van der Waals surface area contributed by atoms with Crippen LogP contribution < -0.4 is 0 Å². The molecule has 1 atom stereocenters. The first-order valence-corrected chi connectivity index (χ1v) is 10.3. The molecule has 0 spiro atoms.